The lowest BCUT2D eigenvalue weighted by atomic mass is 9.78. The molecule has 4 radical (unpaired) electrons. The van der Waals surface area contributed by atoms with Crippen molar-refractivity contribution >= 4 is 54.6 Å². The third kappa shape index (κ3) is 7.18. The minimum atomic E-state index is 0.00101. The summed E-state index contributed by atoms with van der Waals surface area (Å²) in [5.74, 6) is 0.00101. The van der Waals surface area contributed by atoms with Gasteiger partial charge >= 0.3 is 0 Å². The molecule has 0 aliphatic rings. The van der Waals surface area contributed by atoms with Gasteiger partial charge in [0.25, 0.3) is 0 Å². The molecule has 1 heterocycles. The van der Waals surface area contributed by atoms with Crippen molar-refractivity contribution in [3.05, 3.63) is 101 Å². The molecule has 0 unspecified atom stereocenters. The second-order valence-corrected chi connectivity index (χ2v) is 9.86. The number of allylic oxidation sites excluding steroid dienone is 1. The first-order valence-corrected chi connectivity index (χ1v) is 13.4. The second kappa shape index (κ2) is 13.3. The summed E-state index contributed by atoms with van der Waals surface area (Å²) in [6, 6.07) is 21.2. The highest BCUT2D eigenvalue weighted by atomic mass is 16.2. The maximum absolute atomic E-state index is 11.6. The minimum absolute atomic E-state index is 0.00101. The Balaban J connectivity index is 1.55. The summed E-state index contributed by atoms with van der Waals surface area (Å²) in [5, 5.41) is 11.7. The zero-order chi connectivity index (χ0) is 27.8. The summed E-state index contributed by atoms with van der Waals surface area (Å²) in [4.78, 5) is 13.2. The third-order valence-corrected chi connectivity index (χ3v) is 6.84. The lowest BCUT2D eigenvalue weighted by Crippen LogP contribution is -2.25. The van der Waals surface area contributed by atoms with E-state index in [1.807, 2.05) is 30.5 Å². The molecule has 194 valence electrons. The van der Waals surface area contributed by atoms with Crippen molar-refractivity contribution in [2.75, 3.05) is 27.2 Å². The number of likely N-dealkylation sites (N-methyl/N-ethyl adjacent to an activating group) is 1. The molecule has 0 saturated heterocycles. The molecule has 0 bridgehead atoms. The molecule has 3 aromatic carbocycles. The molecule has 0 atom stereocenters. The SMILES string of the molecule is [B]c1ccc(/C(CC)=C(\c2ccc(CCCNC/C=C/C(=O)N(C)C)cc2)c2ccc3[nH]ncc3c2)cc1[B]. The van der Waals surface area contributed by atoms with E-state index in [1.54, 1.807) is 25.1 Å². The number of aryl methyl sites for hydroxylation is 1. The highest BCUT2D eigenvalue weighted by Crippen LogP contribution is 2.35. The maximum atomic E-state index is 11.6. The molecule has 2 N–H and O–H groups in total. The van der Waals surface area contributed by atoms with Crippen LogP contribution in [-0.2, 0) is 11.2 Å². The van der Waals surface area contributed by atoms with Crippen molar-refractivity contribution in [2.45, 2.75) is 26.2 Å². The second-order valence-electron chi connectivity index (χ2n) is 9.86. The van der Waals surface area contributed by atoms with Crippen molar-refractivity contribution in [1.29, 1.82) is 0 Å². The lowest BCUT2D eigenvalue weighted by Gasteiger charge is -2.18. The van der Waals surface area contributed by atoms with Gasteiger partial charge in [0, 0.05) is 32.1 Å². The van der Waals surface area contributed by atoms with Crippen molar-refractivity contribution in [3.8, 4) is 0 Å². The van der Waals surface area contributed by atoms with Gasteiger partial charge in [-0.3, -0.25) is 9.89 Å². The fraction of sp³-hybridized carbons (Fsp3) is 0.250. The summed E-state index contributed by atoms with van der Waals surface area (Å²) in [7, 11) is 15.7. The quantitative estimate of drug-likeness (QED) is 0.140. The highest BCUT2D eigenvalue weighted by Gasteiger charge is 2.15. The van der Waals surface area contributed by atoms with Crippen LogP contribution in [0.2, 0.25) is 0 Å². The van der Waals surface area contributed by atoms with Gasteiger partial charge in [0.1, 0.15) is 15.7 Å². The number of amides is 1. The Bertz CT molecular complexity index is 1490. The average molecular weight is 512 g/mol. The third-order valence-electron chi connectivity index (χ3n) is 6.84. The molecule has 0 aliphatic carbocycles. The smallest absolute Gasteiger partial charge is 0.245 e. The standard InChI is InChI=1S/C32H34B2N4O/c1-4-27(24-13-15-28(33)29(34)20-24)32(25-14-16-30-26(19-25)21-36-37-30)23-11-9-22(10-12-23)7-5-17-35-18-6-8-31(39)38(2)3/h6,8-16,19-21,35H,4-5,7,17-18H2,1-3H3,(H,36,37)/b8-6+,32-27+. The summed E-state index contributed by atoms with van der Waals surface area (Å²) < 4.78 is 0. The van der Waals surface area contributed by atoms with E-state index in [4.69, 9.17) is 15.7 Å². The number of carbonyl (C=O) groups excluding carboxylic acids is 1. The summed E-state index contributed by atoms with van der Waals surface area (Å²) in [6.07, 6.45) is 8.15. The van der Waals surface area contributed by atoms with E-state index in [-0.39, 0.29) is 5.91 Å². The van der Waals surface area contributed by atoms with Gasteiger partial charge in [-0.25, -0.2) is 0 Å². The van der Waals surface area contributed by atoms with E-state index in [0.717, 1.165) is 53.4 Å². The average Bonchev–Trinajstić information content (AvgIpc) is 3.41. The molecule has 1 amide bonds. The normalized spacial score (nSPS) is 12.2. The summed E-state index contributed by atoms with van der Waals surface area (Å²) >= 11 is 0. The number of rotatable bonds is 11. The van der Waals surface area contributed by atoms with Crippen LogP contribution in [0, 0.1) is 0 Å². The number of hydrogen-bond donors (Lipinski definition) is 2. The van der Waals surface area contributed by atoms with Gasteiger partial charge in [-0.15, -0.1) is 10.9 Å². The Morgan fingerprint density at radius 1 is 0.974 bits per heavy atom. The summed E-state index contributed by atoms with van der Waals surface area (Å²) in [6.45, 7) is 3.74. The van der Waals surface area contributed by atoms with Gasteiger partial charge in [0.15, 0.2) is 0 Å². The van der Waals surface area contributed by atoms with Crippen LogP contribution in [0.1, 0.15) is 42.0 Å². The van der Waals surface area contributed by atoms with Gasteiger partial charge in [-0.2, -0.15) is 5.10 Å². The topological polar surface area (TPSA) is 61.0 Å². The Morgan fingerprint density at radius 3 is 2.44 bits per heavy atom. The van der Waals surface area contributed by atoms with Gasteiger partial charge in [-0.05, 0) is 71.3 Å². The van der Waals surface area contributed by atoms with Gasteiger partial charge in [0.2, 0.25) is 5.91 Å². The van der Waals surface area contributed by atoms with Crippen LogP contribution in [0.4, 0.5) is 0 Å². The zero-order valence-corrected chi connectivity index (χ0v) is 23.0. The Morgan fingerprint density at radius 2 is 1.72 bits per heavy atom. The number of H-pyrrole nitrogens is 1. The van der Waals surface area contributed by atoms with Crippen molar-refractivity contribution in [1.82, 2.24) is 20.4 Å². The Labute approximate surface area is 234 Å². The first kappa shape index (κ1) is 28.2. The molecule has 0 aliphatic heterocycles. The molecule has 0 fully saturated rings. The minimum Gasteiger partial charge on any atom is -0.345 e. The van der Waals surface area contributed by atoms with E-state index in [9.17, 15) is 4.79 Å². The largest absolute Gasteiger partial charge is 0.345 e. The van der Waals surface area contributed by atoms with Gasteiger partial charge in [-0.1, -0.05) is 61.5 Å². The van der Waals surface area contributed by atoms with Crippen molar-refractivity contribution < 1.29 is 4.79 Å². The zero-order valence-electron chi connectivity index (χ0n) is 23.0. The number of nitrogens with zero attached hydrogens (tertiary/aromatic N) is 2. The fourth-order valence-electron chi connectivity index (χ4n) is 4.65. The van der Waals surface area contributed by atoms with E-state index in [0.29, 0.717) is 17.5 Å². The predicted molar refractivity (Wildman–Crippen MR) is 165 cm³/mol. The van der Waals surface area contributed by atoms with E-state index in [1.165, 1.54) is 16.7 Å². The van der Waals surface area contributed by atoms with Crippen LogP contribution in [0.15, 0.2) is 79.0 Å². The highest BCUT2D eigenvalue weighted by molar-refractivity contribution is 6.48. The molecular formula is C32H34B2N4O. The predicted octanol–water partition coefficient (Wildman–Crippen LogP) is 3.69. The number of aromatic amines is 1. The van der Waals surface area contributed by atoms with Crippen LogP contribution in [0.3, 0.4) is 0 Å². The first-order valence-electron chi connectivity index (χ1n) is 13.4. The molecule has 39 heavy (non-hydrogen) atoms. The van der Waals surface area contributed by atoms with Crippen LogP contribution in [0.25, 0.3) is 22.0 Å². The fourth-order valence-corrected chi connectivity index (χ4v) is 4.65. The number of aromatic nitrogens is 2. The number of fused-ring (bicyclic) bond motifs is 1. The molecule has 7 heteroatoms. The molecule has 5 nitrogen and oxygen atoms in total. The molecule has 0 spiro atoms. The molecule has 0 saturated carbocycles. The van der Waals surface area contributed by atoms with Crippen LogP contribution >= 0.6 is 0 Å². The number of hydrogen-bond acceptors (Lipinski definition) is 3. The van der Waals surface area contributed by atoms with Crippen molar-refractivity contribution in [2.24, 2.45) is 0 Å². The lowest BCUT2D eigenvalue weighted by molar-refractivity contribution is -0.123. The molecule has 4 aromatic rings. The van der Waals surface area contributed by atoms with E-state index >= 15 is 0 Å². The monoisotopic (exact) mass is 512 g/mol. The Kier molecular flexibility index (Phi) is 9.61. The summed E-state index contributed by atoms with van der Waals surface area (Å²) in [5.41, 5.74) is 9.23. The number of nitrogens with one attached hydrogen (secondary N) is 2. The van der Waals surface area contributed by atoms with Crippen molar-refractivity contribution in [3.63, 3.8) is 0 Å². The van der Waals surface area contributed by atoms with Gasteiger partial charge < -0.3 is 10.2 Å². The molecule has 4 rings (SSSR count). The number of carbonyl (C=O) groups is 1. The first-order chi connectivity index (χ1) is 18.9. The molecule has 1 aromatic heterocycles. The number of benzene rings is 3. The van der Waals surface area contributed by atoms with Crippen LogP contribution < -0.4 is 16.2 Å². The van der Waals surface area contributed by atoms with E-state index in [2.05, 4.69) is 64.9 Å². The molecular weight excluding hydrogens is 478 g/mol. The van der Waals surface area contributed by atoms with Crippen LogP contribution in [0.5, 0.6) is 0 Å². The maximum Gasteiger partial charge on any atom is 0.245 e. The van der Waals surface area contributed by atoms with Crippen LogP contribution in [-0.4, -0.2) is 63.9 Å². The Hall–Kier alpha value is -3.83. The van der Waals surface area contributed by atoms with Gasteiger partial charge in [0.05, 0.1) is 11.7 Å². The van der Waals surface area contributed by atoms with E-state index < -0.39 is 0 Å².